The Balaban J connectivity index is 2.51. The van der Waals surface area contributed by atoms with E-state index < -0.39 is 10.0 Å². The number of likely N-dealkylation sites (tertiary alicyclic amines) is 1. The molecule has 0 aromatic heterocycles. The average molecular weight is 375 g/mol. The van der Waals surface area contributed by atoms with E-state index in [1.807, 2.05) is 13.8 Å². The van der Waals surface area contributed by atoms with Crippen LogP contribution in [0, 0.1) is 6.92 Å². The molecule has 0 saturated carbocycles. The van der Waals surface area contributed by atoms with Gasteiger partial charge in [-0.3, -0.25) is 4.79 Å². The summed E-state index contributed by atoms with van der Waals surface area (Å²) in [6.45, 7) is 6.36. The zero-order chi connectivity index (χ0) is 16.0. The molecule has 1 fully saturated rings. The highest BCUT2D eigenvalue weighted by atomic mass is 79.9. The van der Waals surface area contributed by atoms with Gasteiger partial charge in [0.05, 0.1) is 4.90 Å². The van der Waals surface area contributed by atoms with Crippen molar-refractivity contribution < 1.29 is 13.2 Å². The second-order valence-corrected chi connectivity index (χ2v) is 8.38. The number of amides is 1. The Morgan fingerprint density at radius 1 is 1.38 bits per heavy atom. The van der Waals surface area contributed by atoms with Gasteiger partial charge in [-0.2, -0.15) is 0 Å². The second kappa shape index (κ2) is 5.37. The minimum Gasteiger partial charge on any atom is -0.334 e. The first-order valence-electron chi connectivity index (χ1n) is 6.69. The first-order valence-corrected chi connectivity index (χ1v) is 9.03. The van der Waals surface area contributed by atoms with Gasteiger partial charge in [-0.15, -0.1) is 0 Å². The molecule has 1 aliphatic heterocycles. The van der Waals surface area contributed by atoms with Crippen LogP contribution in [-0.4, -0.2) is 31.3 Å². The molecule has 0 spiro atoms. The molecule has 0 bridgehead atoms. The summed E-state index contributed by atoms with van der Waals surface area (Å²) in [6.07, 6.45) is 1.89. The Morgan fingerprint density at radius 3 is 2.48 bits per heavy atom. The number of halogens is 1. The number of sulfonamides is 1. The number of hydrogen-bond donors (Lipinski definition) is 1. The van der Waals surface area contributed by atoms with E-state index >= 15 is 0 Å². The van der Waals surface area contributed by atoms with E-state index in [1.165, 1.54) is 6.07 Å². The standard InChI is InChI=1S/C14H19BrN2O3S/c1-9-11(15)7-10(8-12(9)21(16,19)20)13(18)17-6-4-5-14(17,2)3/h7-8H,4-6H2,1-3H3,(H2,16,19,20). The highest BCUT2D eigenvalue weighted by Crippen LogP contribution is 2.32. The number of nitrogens with two attached hydrogens (primary N) is 1. The van der Waals surface area contributed by atoms with Crippen molar-refractivity contribution in [3.63, 3.8) is 0 Å². The molecule has 0 aliphatic carbocycles. The number of carbonyl (C=O) groups excluding carboxylic acids is 1. The predicted molar refractivity (Wildman–Crippen MR) is 84.6 cm³/mol. The van der Waals surface area contributed by atoms with Crippen LogP contribution in [0.2, 0.25) is 0 Å². The molecule has 116 valence electrons. The lowest BCUT2D eigenvalue weighted by Gasteiger charge is -2.32. The predicted octanol–water partition coefficient (Wildman–Crippen LogP) is 2.42. The molecule has 1 saturated heterocycles. The van der Waals surface area contributed by atoms with Crippen molar-refractivity contribution in [2.45, 2.75) is 44.0 Å². The molecule has 2 rings (SSSR count). The third-order valence-corrected chi connectivity index (χ3v) is 5.86. The smallest absolute Gasteiger partial charge is 0.254 e. The van der Waals surface area contributed by atoms with E-state index in [0.29, 0.717) is 22.1 Å². The average Bonchev–Trinajstić information content (AvgIpc) is 2.69. The molecule has 1 heterocycles. The zero-order valence-corrected chi connectivity index (χ0v) is 14.7. The summed E-state index contributed by atoms with van der Waals surface area (Å²) in [6, 6.07) is 3.02. The maximum Gasteiger partial charge on any atom is 0.254 e. The van der Waals surface area contributed by atoms with Gasteiger partial charge in [0.15, 0.2) is 0 Å². The number of carbonyl (C=O) groups is 1. The summed E-state index contributed by atoms with van der Waals surface area (Å²) in [5.41, 5.74) is 0.636. The van der Waals surface area contributed by atoms with Gasteiger partial charge in [0.2, 0.25) is 10.0 Å². The van der Waals surface area contributed by atoms with Gasteiger partial charge in [0, 0.05) is 22.1 Å². The maximum absolute atomic E-state index is 12.7. The quantitative estimate of drug-likeness (QED) is 0.862. The van der Waals surface area contributed by atoms with Crippen molar-refractivity contribution in [3.05, 3.63) is 27.7 Å². The first-order chi connectivity index (χ1) is 9.54. The molecule has 0 atom stereocenters. The van der Waals surface area contributed by atoms with Crippen LogP contribution in [0.1, 0.15) is 42.6 Å². The topological polar surface area (TPSA) is 80.5 Å². The lowest BCUT2D eigenvalue weighted by molar-refractivity contribution is 0.0651. The summed E-state index contributed by atoms with van der Waals surface area (Å²) in [4.78, 5) is 14.4. The summed E-state index contributed by atoms with van der Waals surface area (Å²) < 4.78 is 23.9. The van der Waals surface area contributed by atoms with E-state index in [4.69, 9.17) is 5.14 Å². The van der Waals surface area contributed by atoms with E-state index in [-0.39, 0.29) is 16.3 Å². The van der Waals surface area contributed by atoms with E-state index in [0.717, 1.165) is 12.8 Å². The Labute approximate surface area is 133 Å². The molecule has 21 heavy (non-hydrogen) atoms. The van der Waals surface area contributed by atoms with Crippen molar-refractivity contribution in [2.75, 3.05) is 6.54 Å². The molecule has 5 nitrogen and oxygen atoms in total. The van der Waals surface area contributed by atoms with Crippen molar-refractivity contribution in [2.24, 2.45) is 5.14 Å². The van der Waals surface area contributed by atoms with E-state index in [9.17, 15) is 13.2 Å². The Morgan fingerprint density at radius 2 is 2.00 bits per heavy atom. The molecule has 1 amide bonds. The van der Waals surface area contributed by atoms with Crippen molar-refractivity contribution in [1.82, 2.24) is 4.90 Å². The van der Waals surface area contributed by atoms with Gasteiger partial charge in [-0.1, -0.05) is 15.9 Å². The third kappa shape index (κ3) is 3.14. The molecule has 0 radical (unpaired) electrons. The summed E-state index contributed by atoms with van der Waals surface area (Å²) in [7, 11) is -3.87. The fourth-order valence-corrected chi connectivity index (χ4v) is 4.13. The van der Waals surface area contributed by atoms with Crippen molar-refractivity contribution >= 4 is 31.9 Å². The van der Waals surface area contributed by atoms with Gasteiger partial charge in [0.1, 0.15) is 0 Å². The van der Waals surface area contributed by atoms with Gasteiger partial charge >= 0.3 is 0 Å². The molecule has 1 aromatic carbocycles. The van der Waals surface area contributed by atoms with Crippen LogP contribution in [0.3, 0.4) is 0 Å². The lowest BCUT2D eigenvalue weighted by atomic mass is 10.0. The minimum absolute atomic E-state index is 0.0165. The van der Waals surface area contributed by atoms with E-state index in [1.54, 1.807) is 17.9 Å². The van der Waals surface area contributed by atoms with Crippen LogP contribution >= 0.6 is 15.9 Å². The zero-order valence-electron chi connectivity index (χ0n) is 12.3. The number of benzene rings is 1. The van der Waals surface area contributed by atoms with Crippen LogP contribution < -0.4 is 5.14 Å². The summed E-state index contributed by atoms with van der Waals surface area (Å²) in [5, 5.41) is 5.23. The van der Waals surface area contributed by atoms with Gasteiger partial charge < -0.3 is 4.90 Å². The van der Waals surface area contributed by atoms with Crippen LogP contribution in [0.25, 0.3) is 0 Å². The van der Waals surface area contributed by atoms with Crippen molar-refractivity contribution in [1.29, 1.82) is 0 Å². The minimum atomic E-state index is -3.87. The first kappa shape index (κ1) is 16.5. The van der Waals surface area contributed by atoms with Gasteiger partial charge in [-0.25, -0.2) is 13.6 Å². The lowest BCUT2D eigenvalue weighted by Crippen LogP contribution is -2.42. The highest BCUT2D eigenvalue weighted by molar-refractivity contribution is 9.10. The molecule has 1 aliphatic rings. The number of primary sulfonamides is 1. The monoisotopic (exact) mass is 374 g/mol. The fraction of sp³-hybridized carbons (Fsp3) is 0.500. The molecule has 1 aromatic rings. The van der Waals surface area contributed by atoms with Crippen LogP contribution in [0.15, 0.2) is 21.5 Å². The van der Waals surface area contributed by atoms with Crippen LogP contribution in [-0.2, 0) is 10.0 Å². The maximum atomic E-state index is 12.7. The third-order valence-electron chi connectivity index (χ3n) is 4.00. The van der Waals surface area contributed by atoms with Crippen LogP contribution in [0.4, 0.5) is 0 Å². The van der Waals surface area contributed by atoms with Crippen LogP contribution in [0.5, 0.6) is 0 Å². The Kier molecular flexibility index (Phi) is 4.21. The van der Waals surface area contributed by atoms with Gasteiger partial charge in [-0.05, 0) is 51.3 Å². The fourth-order valence-electron chi connectivity index (χ4n) is 2.71. The number of hydrogen-bond acceptors (Lipinski definition) is 3. The van der Waals surface area contributed by atoms with Crippen molar-refractivity contribution in [3.8, 4) is 0 Å². The number of rotatable bonds is 2. The summed E-state index contributed by atoms with van der Waals surface area (Å²) in [5.74, 6) is -0.164. The normalized spacial score (nSPS) is 18.0. The van der Waals surface area contributed by atoms with E-state index in [2.05, 4.69) is 15.9 Å². The second-order valence-electron chi connectivity index (χ2n) is 6.00. The molecular weight excluding hydrogens is 356 g/mol. The molecule has 0 unspecified atom stereocenters. The summed E-state index contributed by atoms with van der Waals surface area (Å²) >= 11 is 3.30. The Hall–Kier alpha value is -0.920. The van der Waals surface area contributed by atoms with Gasteiger partial charge in [0.25, 0.3) is 5.91 Å². The molecular formula is C14H19BrN2O3S. The molecule has 2 N–H and O–H groups in total. The highest BCUT2D eigenvalue weighted by Gasteiger charge is 2.36. The Bertz CT molecular complexity index is 698. The molecule has 7 heteroatoms. The number of nitrogens with zero attached hydrogens (tertiary/aromatic N) is 1. The SMILES string of the molecule is Cc1c(Br)cc(C(=O)N2CCCC2(C)C)cc1S(N)(=O)=O. The largest absolute Gasteiger partial charge is 0.334 e.